The molecular formula is C24H23BrN4O7S. The summed E-state index contributed by atoms with van der Waals surface area (Å²) in [6, 6.07) is 16.4. The maximum atomic E-state index is 13.7. The summed E-state index contributed by atoms with van der Waals surface area (Å²) in [6.07, 6.45) is 0. The van der Waals surface area contributed by atoms with Crippen LogP contribution in [0.4, 0.5) is 11.4 Å². The van der Waals surface area contributed by atoms with Gasteiger partial charge in [0.15, 0.2) is 4.90 Å². The van der Waals surface area contributed by atoms with Crippen molar-refractivity contribution in [2.24, 2.45) is 5.10 Å². The van der Waals surface area contributed by atoms with Gasteiger partial charge in [-0.15, -0.1) is 0 Å². The molecule has 3 aromatic rings. The van der Waals surface area contributed by atoms with Crippen LogP contribution in [0.2, 0.25) is 0 Å². The van der Waals surface area contributed by atoms with Crippen LogP contribution in [0.3, 0.4) is 0 Å². The first-order valence-corrected chi connectivity index (χ1v) is 12.9. The molecule has 194 valence electrons. The number of para-hydroxylation sites is 1. The van der Waals surface area contributed by atoms with E-state index in [1.807, 2.05) is 6.07 Å². The number of ether oxygens (including phenoxy) is 2. The molecule has 0 fully saturated rings. The zero-order valence-electron chi connectivity index (χ0n) is 20.0. The fourth-order valence-electron chi connectivity index (χ4n) is 3.33. The van der Waals surface area contributed by atoms with Crippen LogP contribution in [0, 0.1) is 10.1 Å². The Kier molecular flexibility index (Phi) is 8.84. The zero-order valence-corrected chi connectivity index (χ0v) is 22.4. The predicted molar refractivity (Wildman–Crippen MR) is 142 cm³/mol. The second kappa shape index (κ2) is 11.8. The monoisotopic (exact) mass is 590 g/mol. The molecule has 13 heteroatoms. The summed E-state index contributed by atoms with van der Waals surface area (Å²) in [4.78, 5) is 23.1. The van der Waals surface area contributed by atoms with Crippen molar-refractivity contribution < 1.29 is 27.6 Å². The van der Waals surface area contributed by atoms with E-state index in [1.165, 1.54) is 44.6 Å². The highest BCUT2D eigenvalue weighted by Gasteiger charge is 2.34. The van der Waals surface area contributed by atoms with Gasteiger partial charge in [-0.25, -0.2) is 13.8 Å². The Morgan fingerprint density at radius 1 is 1.08 bits per heavy atom. The number of hydrogen-bond acceptors (Lipinski definition) is 8. The number of carbonyl (C=O) groups excluding carboxylic acids is 1. The number of methoxy groups -OCH3 is 2. The molecule has 0 aliphatic heterocycles. The largest absolute Gasteiger partial charge is 0.497 e. The number of nitrogens with one attached hydrogen (secondary N) is 1. The molecule has 0 atom stereocenters. The third-order valence-electron chi connectivity index (χ3n) is 5.16. The number of amides is 1. The highest BCUT2D eigenvalue weighted by Crippen LogP contribution is 2.37. The standard InChI is InChI=1S/C24H23BrN4O7S/c1-16(17-7-6-8-18(25)13-17)26-27-24(30)15-28(20-12-11-19(35-2)14-22(20)36-3)37(33,34)23-10-5-4-9-21(23)29(31)32/h4-14H,15H2,1-3H3,(H,27,30)/b26-16-. The average Bonchev–Trinajstić information content (AvgIpc) is 2.89. The second-order valence-electron chi connectivity index (χ2n) is 7.52. The Morgan fingerprint density at radius 3 is 2.46 bits per heavy atom. The van der Waals surface area contributed by atoms with Gasteiger partial charge < -0.3 is 9.47 Å². The van der Waals surface area contributed by atoms with Crippen molar-refractivity contribution in [3.8, 4) is 11.5 Å². The maximum absolute atomic E-state index is 13.7. The maximum Gasteiger partial charge on any atom is 0.289 e. The summed E-state index contributed by atoms with van der Waals surface area (Å²) in [5.41, 5.74) is 2.90. The number of nitrogens with zero attached hydrogens (tertiary/aromatic N) is 3. The summed E-state index contributed by atoms with van der Waals surface area (Å²) < 4.78 is 39.5. The van der Waals surface area contributed by atoms with E-state index >= 15 is 0 Å². The number of benzene rings is 3. The lowest BCUT2D eigenvalue weighted by Gasteiger charge is -2.25. The zero-order chi connectivity index (χ0) is 27.2. The van der Waals surface area contributed by atoms with E-state index in [0.717, 1.165) is 26.5 Å². The SMILES string of the molecule is COc1ccc(N(CC(=O)N/N=C(/C)c2cccc(Br)c2)S(=O)(=O)c2ccccc2[N+](=O)[O-])c(OC)c1. The molecule has 0 saturated carbocycles. The first-order chi connectivity index (χ1) is 17.6. The lowest BCUT2D eigenvalue weighted by Crippen LogP contribution is -2.40. The number of sulfonamides is 1. The van der Waals surface area contributed by atoms with E-state index < -0.39 is 38.0 Å². The van der Waals surface area contributed by atoms with Crippen molar-refractivity contribution in [2.45, 2.75) is 11.8 Å². The lowest BCUT2D eigenvalue weighted by atomic mass is 10.1. The van der Waals surface area contributed by atoms with Crippen LogP contribution >= 0.6 is 15.9 Å². The van der Waals surface area contributed by atoms with E-state index in [9.17, 15) is 23.3 Å². The summed E-state index contributed by atoms with van der Waals surface area (Å²) in [6.45, 7) is 0.933. The molecule has 1 amide bonds. The molecule has 0 saturated heterocycles. The third kappa shape index (κ3) is 6.43. The van der Waals surface area contributed by atoms with Gasteiger partial charge in [0.2, 0.25) is 0 Å². The Bertz CT molecular complexity index is 1460. The van der Waals surface area contributed by atoms with Gasteiger partial charge in [-0.1, -0.05) is 40.2 Å². The Morgan fingerprint density at radius 2 is 1.81 bits per heavy atom. The van der Waals surface area contributed by atoms with E-state index in [1.54, 1.807) is 25.1 Å². The Hall–Kier alpha value is -3.97. The Balaban J connectivity index is 2.04. The highest BCUT2D eigenvalue weighted by atomic mass is 79.9. The van der Waals surface area contributed by atoms with E-state index in [4.69, 9.17) is 9.47 Å². The lowest BCUT2D eigenvalue weighted by molar-refractivity contribution is -0.387. The molecule has 0 aliphatic carbocycles. The molecule has 0 unspecified atom stereocenters. The quantitative estimate of drug-likeness (QED) is 0.213. The molecule has 0 aliphatic rings. The molecular weight excluding hydrogens is 568 g/mol. The van der Waals surface area contributed by atoms with Crippen molar-refractivity contribution in [2.75, 3.05) is 25.1 Å². The molecule has 37 heavy (non-hydrogen) atoms. The van der Waals surface area contributed by atoms with E-state index in [2.05, 4.69) is 26.5 Å². The first kappa shape index (κ1) is 27.6. The highest BCUT2D eigenvalue weighted by molar-refractivity contribution is 9.10. The molecule has 11 nitrogen and oxygen atoms in total. The summed E-state index contributed by atoms with van der Waals surface area (Å²) in [5.74, 6) is -0.333. The summed E-state index contributed by atoms with van der Waals surface area (Å²) in [5, 5.41) is 15.6. The molecule has 0 bridgehead atoms. The molecule has 3 rings (SSSR count). The fraction of sp³-hybridized carbons (Fsp3) is 0.167. The van der Waals surface area contributed by atoms with Gasteiger partial charge in [0, 0.05) is 16.6 Å². The molecule has 0 heterocycles. The third-order valence-corrected chi connectivity index (χ3v) is 7.46. The number of carbonyl (C=O) groups is 1. The van der Waals surface area contributed by atoms with Crippen LogP contribution in [0.15, 0.2) is 81.2 Å². The minimum Gasteiger partial charge on any atom is -0.497 e. The number of hydrogen-bond donors (Lipinski definition) is 1. The average molecular weight is 591 g/mol. The normalized spacial score (nSPS) is 11.5. The first-order valence-electron chi connectivity index (χ1n) is 10.7. The topological polar surface area (TPSA) is 140 Å². The molecule has 0 spiro atoms. The number of rotatable bonds is 10. The van der Waals surface area contributed by atoms with Crippen molar-refractivity contribution in [3.05, 3.63) is 86.9 Å². The van der Waals surface area contributed by atoms with Gasteiger partial charge in [0.1, 0.15) is 18.0 Å². The van der Waals surface area contributed by atoms with Gasteiger partial charge in [-0.05, 0) is 42.8 Å². The van der Waals surface area contributed by atoms with Crippen LogP contribution in [0.1, 0.15) is 12.5 Å². The second-order valence-corrected chi connectivity index (χ2v) is 10.3. The number of halogens is 1. The van der Waals surface area contributed by atoms with Gasteiger partial charge >= 0.3 is 0 Å². The number of anilines is 1. The van der Waals surface area contributed by atoms with Crippen LogP contribution in [0.5, 0.6) is 11.5 Å². The predicted octanol–water partition coefficient (Wildman–Crippen LogP) is 4.11. The molecule has 3 aromatic carbocycles. The smallest absolute Gasteiger partial charge is 0.289 e. The number of nitro groups is 1. The van der Waals surface area contributed by atoms with Crippen molar-refractivity contribution >= 4 is 48.9 Å². The summed E-state index contributed by atoms with van der Waals surface area (Å²) >= 11 is 3.37. The van der Waals surface area contributed by atoms with Crippen molar-refractivity contribution in [1.82, 2.24) is 5.43 Å². The molecule has 1 N–H and O–H groups in total. The van der Waals surface area contributed by atoms with Crippen LogP contribution in [-0.2, 0) is 14.8 Å². The molecule has 0 aromatic heterocycles. The van der Waals surface area contributed by atoms with Gasteiger partial charge in [0.05, 0.1) is 30.5 Å². The van der Waals surface area contributed by atoms with Crippen molar-refractivity contribution in [1.29, 1.82) is 0 Å². The summed E-state index contributed by atoms with van der Waals surface area (Å²) in [7, 11) is -1.87. The van der Waals surface area contributed by atoms with Crippen LogP contribution < -0.4 is 19.2 Å². The van der Waals surface area contributed by atoms with Gasteiger partial charge in [0.25, 0.3) is 21.6 Å². The Labute approximate surface area is 222 Å². The van der Waals surface area contributed by atoms with Crippen molar-refractivity contribution in [3.63, 3.8) is 0 Å². The van der Waals surface area contributed by atoms with E-state index in [0.29, 0.717) is 11.5 Å². The van der Waals surface area contributed by atoms with Crippen LogP contribution in [0.25, 0.3) is 0 Å². The fourth-order valence-corrected chi connectivity index (χ4v) is 5.32. The minimum atomic E-state index is -4.62. The van der Waals surface area contributed by atoms with E-state index in [-0.39, 0.29) is 11.4 Å². The van der Waals surface area contributed by atoms with Gasteiger partial charge in [-0.2, -0.15) is 5.10 Å². The number of hydrazone groups is 1. The number of nitro benzene ring substituents is 1. The molecule has 0 radical (unpaired) electrons. The minimum absolute atomic E-state index is 0.0238. The van der Waals surface area contributed by atoms with Crippen LogP contribution in [-0.4, -0.2) is 45.7 Å². The van der Waals surface area contributed by atoms with Gasteiger partial charge in [-0.3, -0.25) is 19.2 Å².